The van der Waals surface area contributed by atoms with Crippen LogP contribution in [-0.4, -0.2) is 10.9 Å². The van der Waals surface area contributed by atoms with Crippen LogP contribution in [-0.2, 0) is 0 Å². The molecule has 0 aliphatic rings. The molecule has 5 nitrogen and oxygen atoms in total. The van der Waals surface area contributed by atoms with Crippen LogP contribution in [0.2, 0.25) is 5.02 Å². The molecule has 2 aromatic rings. The largest absolute Gasteiger partial charge is 0.323 e. The van der Waals surface area contributed by atoms with Crippen molar-refractivity contribution >= 4 is 28.9 Å². The minimum Gasteiger partial charge on any atom is -0.323 e. The summed E-state index contributed by atoms with van der Waals surface area (Å²) in [6, 6.07) is 2.98. The smallest absolute Gasteiger partial charge is 0.259 e. The summed E-state index contributed by atoms with van der Waals surface area (Å²) in [5.74, 6) is 2.76. The molecule has 0 unspecified atom stereocenters. The zero-order chi connectivity index (χ0) is 14.7. The molecule has 0 saturated heterocycles. The summed E-state index contributed by atoms with van der Waals surface area (Å²) in [7, 11) is 0. The molecule has 1 aromatic carbocycles. The van der Waals surface area contributed by atoms with E-state index in [0.29, 0.717) is 11.8 Å². The van der Waals surface area contributed by atoms with Gasteiger partial charge < -0.3 is 10.7 Å². The predicted octanol–water partition coefficient (Wildman–Crippen LogP) is 2.55. The third-order valence-electron chi connectivity index (χ3n) is 2.47. The van der Waals surface area contributed by atoms with Crippen LogP contribution in [0.1, 0.15) is 10.4 Å². The number of carbonyl (C=O) groups excluding carboxylic acids is 1. The van der Waals surface area contributed by atoms with Crippen LogP contribution in [0.3, 0.4) is 0 Å². The van der Waals surface area contributed by atoms with Crippen molar-refractivity contribution in [1.29, 1.82) is 0 Å². The number of anilines is 2. The van der Waals surface area contributed by atoms with E-state index in [0.717, 1.165) is 6.07 Å². The van der Waals surface area contributed by atoms with E-state index in [1.165, 1.54) is 18.5 Å². The normalized spacial score (nSPS) is 10.2. The van der Waals surface area contributed by atoms with Crippen LogP contribution in [0.25, 0.3) is 0 Å². The fraction of sp³-hybridized carbons (Fsp3) is 0. The molecule has 8 heteroatoms. The first-order valence-electron chi connectivity index (χ1n) is 5.39. The van der Waals surface area contributed by atoms with Crippen LogP contribution in [0, 0.1) is 11.6 Å². The first kappa shape index (κ1) is 14.2. The fourth-order valence-corrected chi connectivity index (χ4v) is 1.79. The Kier molecular flexibility index (Phi) is 4.11. The molecule has 1 amide bonds. The lowest BCUT2D eigenvalue weighted by Crippen LogP contribution is -2.18. The Morgan fingerprint density at radius 1 is 1.35 bits per heavy atom. The Morgan fingerprint density at radius 3 is 2.75 bits per heavy atom. The monoisotopic (exact) mass is 298 g/mol. The summed E-state index contributed by atoms with van der Waals surface area (Å²) in [5.41, 5.74) is 2.39. The van der Waals surface area contributed by atoms with Gasteiger partial charge in [-0.25, -0.2) is 8.78 Å². The van der Waals surface area contributed by atoms with Gasteiger partial charge in [-0.05, 0) is 12.1 Å². The number of amides is 1. The highest BCUT2D eigenvalue weighted by Gasteiger charge is 2.16. The van der Waals surface area contributed by atoms with Crippen LogP contribution >= 0.6 is 11.6 Å². The third-order valence-corrected chi connectivity index (χ3v) is 2.76. The van der Waals surface area contributed by atoms with Gasteiger partial charge in [-0.1, -0.05) is 11.6 Å². The molecule has 0 saturated carbocycles. The number of hydrazine groups is 1. The van der Waals surface area contributed by atoms with Gasteiger partial charge in [0.1, 0.15) is 5.82 Å². The van der Waals surface area contributed by atoms with Crippen molar-refractivity contribution in [2.45, 2.75) is 0 Å². The summed E-state index contributed by atoms with van der Waals surface area (Å²) in [4.78, 5) is 15.8. The minimum absolute atomic E-state index is 0.0924. The Bertz CT molecular complexity index is 643. The van der Waals surface area contributed by atoms with Gasteiger partial charge in [0.15, 0.2) is 5.82 Å². The Hall–Kier alpha value is -2.25. The lowest BCUT2D eigenvalue weighted by atomic mass is 10.2. The number of carbonyl (C=O) groups is 1. The zero-order valence-electron chi connectivity index (χ0n) is 9.95. The number of hydrogen-bond acceptors (Lipinski definition) is 4. The van der Waals surface area contributed by atoms with E-state index in [1.54, 1.807) is 0 Å². The molecular weight excluding hydrogens is 290 g/mol. The molecule has 0 bridgehead atoms. The van der Waals surface area contributed by atoms with Gasteiger partial charge in [-0.2, -0.15) is 0 Å². The van der Waals surface area contributed by atoms with Crippen molar-refractivity contribution < 1.29 is 13.6 Å². The molecule has 0 radical (unpaired) electrons. The third kappa shape index (κ3) is 2.84. The van der Waals surface area contributed by atoms with Crippen LogP contribution in [0.15, 0.2) is 30.6 Å². The standard InChI is InChI=1S/C12H9ClF2N4O/c13-8-3-6(14)4-9(15)11(8)18-12(20)7-5-17-2-1-10(7)19-16/h1-5H,16H2,(H,17,19)(H,18,20). The molecule has 0 aliphatic heterocycles. The highest BCUT2D eigenvalue weighted by atomic mass is 35.5. The van der Waals surface area contributed by atoms with Gasteiger partial charge >= 0.3 is 0 Å². The van der Waals surface area contributed by atoms with E-state index in [4.69, 9.17) is 17.4 Å². The van der Waals surface area contributed by atoms with E-state index in [2.05, 4.69) is 15.7 Å². The number of aromatic nitrogens is 1. The maximum atomic E-state index is 13.6. The molecular formula is C12H9ClF2N4O. The van der Waals surface area contributed by atoms with Gasteiger partial charge in [0.2, 0.25) is 0 Å². The van der Waals surface area contributed by atoms with Crippen molar-refractivity contribution in [3.8, 4) is 0 Å². The van der Waals surface area contributed by atoms with Crippen LogP contribution in [0.5, 0.6) is 0 Å². The molecule has 4 N–H and O–H groups in total. The highest BCUT2D eigenvalue weighted by Crippen LogP contribution is 2.27. The molecule has 0 spiro atoms. The fourth-order valence-electron chi connectivity index (χ4n) is 1.54. The van der Waals surface area contributed by atoms with E-state index in [-0.39, 0.29) is 16.3 Å². The summed E-state index contributed by atoms with van der Waals surface area (Å²) in [5, 5.41) is 2.00. The Labute approximate surface area is 117 Å². The van der Waals surface area contributed by atoms with Gasteiger partial charge in [0.05, 0.1) is 22.0 Å². The van der Waals surface area contributed by atoms with Gasteiger partial charge in [0.25, 0.3) is 5.91 Å². The van der Waals surface area contributed by atoms with Gasteiger partial charge in [0, 0.05) is 18.5 Å². The molecule has 2 rings (SSSR count). The second-order valence-corrected chi connectivity index (χ2v) is 4.17. The number of nitrogens with one attached hydrogen (secondary N) is 2. The summed E-state index contributed by atoms with van der Waals surface area (Å²) in [6.07, 6.45) is 2.68. The van der Waals surface area contributed by atoms with Crippen molar-refractivity contribution in [3.05, 3.63) is 52.8 Å². The lowest BCUT2D eigenvalue weighted by molar-refractivity contribution is 0.102. The molecule has 1 aromatic heterocycles. The Morgan fingerprint density at radius 2 is 2.10 bits per heavy atom. The Balaban J connectivity index is 2.33. The average Bonchev–Trinajstić information content (AvgIpc) is 2.42. The summed E-state index contributed by atoms with van der Waals surface area (Å²) < 4.78 is 26.5. The molecule has 104 valence electrons. The molecule has 1 heterocycles. The van der Waals surface area contributed by atoms with E-state index >= 15 is 0 Å². The maximum Gasteiger partial charge on any atom is 0.259 e. The van der Waals surface area contributed by atoms with Crippen molar-refractivity contribution in [3.63, 3.8) is 0 Å². The predicted molar refractivity (Wildman–Crippen MR) is 71.4 cm³/mol. The first-order chi connectivity index (χ1) is 9.52. The SMILES string of the molecule is NNc1ccncc1C(=O)Nc1c(F)cc(F)cc1Cl. The maximum absolute atomic E-state index is 13.6. The number of nitrogens with two attached hydrogens (primary N) is 1. The zero-order valence-corrected chi connectivity index (χ0v) is 10.7. The molecule has 0 aliphatic carbocycles. The molecule has 0 fully saturated rings. The quantitative estimate of drug-likeness (QED) is 0.601. The van der Waals surface area contributed by atoms with Crippen LogP contribution < -0.4 is 16.6 Å². The number of nitrogen functional groups attached to an aromatic ring is 1. The summed E-state index contributed by atoms with van der Waals surface area (Å²) in [6.45, 7) is 0. The second-order valence-electron chi connectivity index (χ2n) is 3.76. The number of nitrogens with zero attached hydrogens (tertiary/aromatic N) is 1. The van der Waals surface area contributed by atoms with Crippen molar-refractivity contribution in [2.24, 2.45) is 5.84 Å². The summed E-state index contributed by atoms with van der Waals surface area (Å²) >= 11 is 5.69. The van der Waals surface area contributed by atoms with Gasteiger partial charge in [-0.15, -0.1) is 0 Å². The minimum atomic E-state index is -0.977. The highest BCUT2D eigenvalue weighted by molar-refractivity contribution is 6.34. The average molecular weight is 299 g/mol. The second kappa shape index (κ2) is 5.81. The van der Waals surface area contributed by atoms with E-state index < -0.39 is 17.5 Å². The number of pyridine rings is 1. The van der Waals surface area contributed by atoms with Gasteiger partial charge in [-0.3, -0.25) is 15.6 Å². The number of halogens is 3. The number of benzene rings is 1. The van der Waals surface area contributed by atoms with E-state index in [9.17, 15) is 13.6 Å². The molecule has 20 heavy (non-hydrogen) atoms. The lowest BCUT2D eigenvalue weighted by Gasteiger charge is -2.11. The molecule has 0 atom stereocenters. The number of hydrogen-bond donors (Lipinski definition) is 3. The van der Waals surface area contributed by atoms with Crippen LogP contribution in [0.4, 0.5) is 20.2 Å². The number of rotatable bonds is 3. The van der Waals surface area contributed by atoms with E-state index in [1.807, 2.05) is 0 Å². The van der Waals surface area contributed by atoms with Crippen molar-refractivity contribution in [2.75, 3.05) is 10.7 Å². The topological polar surface area (TPSA) is 80.0 Å². The van der Waals surface area contributed by atoms with Crippen molar-refractivity contribution in [1.82, 2.24) is 4.98 Å². The first-order valence-corrected chi connectivity index (χ1v) is 5.77.